The van der Waals surface area contributed by atoms with Gasteiger partial charge in [0.15, 0.2) is 8.32 Å². The van der Waals surface area contributed by atoms with E-state index in [4.69, 9.17) is 9.16 Å². The summed E-state index contributed by atoms with van der Waals surface area (Å²) < 4.78 is 11.6. The van der Waals surface area contributed by atoms with E-state index in [0.717, 1.165) is 0 Å². The first-order valence-electron chi connectivity index (χ1n) is 9.60. The van der Waals surface area contributed by atoms with E-state index in [1.165, 1.54) is 0 Å². The molecule has 0 aliphatic rings. The van der Waals surface area contributed by atoms with Crippen molar-refractivity contribution < 1.29 is 23.9 Å². The van der Waals surface area contributed by atoms with Crippen molar-refractivity contribution in [1.82, 2.24) is 5.32 Å². The zero-order valence-corrected chi connectivity index (χ0v) is 19.3. The molecule has 0 bridgehead atoms. The van der Waals surface area contributed by atoms with E-state index in [0.29, 0.717) is 12.2 Å². The molecular formula is C21H35NO5Si. The van der Waals surface area contributed by atoms with Gasteiger partial charge in [0.2, 0.25) is 0 Å². The van der Waals surface area contributed by atoms with Crippen molar-refractivity contribution in [1.29, 1.82) is 0 Å². The zero-order chi connectivity index (χ0) is 21.8. The summed E-state index contributed by atoms with van der Waals surface area (Å²) in [5, 5.41) is 12.3. The molecule has 0 spiro atoms. The zero-order valence-electron chi connectivity index (χ0n) is 18.3. The number of carboxylic acid groups (broad SMARTS) is 1. The molecule has 1 amide bonds. The number of nitrogens with one attached hydrogen (secondary N) is 1. The van der Waals surface area contributed by atoms with Gasteiger partial charge in [-0.1, -0.05) is 52.8 Å². The number of benzene rings is 1. The number of amides is 1. The monoisotopic (exact) mass is 409 g/mol. The molecule has 2 atom stereocenters. The number of carbonyl (C=O) groups excluding carboxylic acids is 1. The van der Waals surface area contributed by atoms with E-state index in [2.05, 4.69) is 39.2 Å². The Bertz CT molecular complexity index is 667. The Labute approximate surface area is 169 Å². The summed E-state index contributed by atoms with van der Waals surface area (Å²) >= 11 is 0. The van der Waals surface area contributed by atoms with Crippen molar-refractivity contribution >= 4 is 20.4 Å². The maximum atomic E-state index is 12.2. The van der Waals surface area contributed by atoms with Crippen molar-refractivity contribution in [2.45, 2.75) is 78.2 Å². The van der Waals surface area contributed by atoms with Crippen LogP contribution in [-0.4, -0.2) is 37.6 Å². The second-order valence-corrected chi connectivity index (χ2v) is 14.3. The highest BCUT2D eigenvalue weighted by atomic mass is 28.4. The Hall–Kier alpha value is -1.86. The van der Waals surface area contributed by atoms with Gasteiger partial charge in [-0.3, -0.25) is 0 Å². The predicted molar refractivity (Wildman–Crippen MR) is 113 cm³/mol. The van der Waals surface area contributed by atoms with Gasteiger partial charge in [0, 0.05) is 6.10 Å². The number of carbonyl (C=O) groups is 2. The molecule has 0 aliphatic carbocycles. The Kier molecular flexibility index (Phi) is 7.85. The van der Waals surface area contributed by atoms with E-state index in [-0.39, 0.29) is 11.1 Å². The van der Waals surface area contributed by atoms with E-state index in [1.54, 1.807) is 30.3 Å². The van der Waals surface area contributed by atoms with Crippen LogP contribution >= 0.6 is 0 Å². The number of para-hydroxylation sites is 1. The quantitative estimate of drug-likeness (QED) is 0.587. The lowest BCUT2D eigenvalue weighted by atomic mass is 9.79. The van der Waals surface area contributed by atoms with E-state index >= 15 is 0 Å². The predicted octanol–water partition coefficient (Wildman–Crippen LogP) is 5.05. The van der Waals surface area contributed by atoms with Crippen molar-refractivity contribution in [3.63, 3.8) is 0 Å². The third-order valence-corrected chi connectivity index (χ3v) is 9.96. The van der Waals surface area contributed by atoms with Crippen molar-refractivity contribution in [2.75, 3.05) is 0 Å². The first-order valence-corrected chi connectivity index (χ1v) is 12.5. The number of hydrogen-bond acceptors (Lipinski definition) is 4. The summed E-state index contributed by atoms with van der Waals surface area (Å²) in [4.78, 5) is 24.1. The average molecular weight is 410 g/mol. The highest BCUT2D eigenvalue weighted by molar-refractivity contribution is 6.74. The molecule has 1 rings (SSSR count). The van der Waals surface area contributed by atoms with Crippen LogP contribution < -0.4 is 10.1 Å². The molecule has 1 aromatic rings. The van der Waals surface area contributed by atoms with Gasteiger partial charge >= 0.3 is 12.1 Å². The Balaban J connectivity index is 2.82. The van der Waals surface area contributed by atoms with Crippen LogP contribution in [-0.2, 0) is 9.22 Å². The maximum Gasteiger partial charge on any atom is 0.413 e. The van der Waals surface area contributed by atoms with Gasteiger partial charge in [-0.25, -0.2) is 9.59 Å². The van der Waals surface area contributed by atoms with E-state index in [1.807, 2.05) is 20.8 Å². The topological polar surface area (TPSA) is 84.9 Å². The fourth-order valence-electron chi connectivity index (χ4n) is 2.91. The highest BCUT2D eigenvalue weighted by Gasteiger charge is 2.42. The molecule has 0 heterocycles. The summed E-state index contributed by atoms with van der Waals surface area (Å²) in [6, 6.07) is 7.44. The molecule has 0 saturated carbocycles. The molecule has 0 saturated heterocycles. The molecule has 2 unspecified atom stereocenters. The van der Waals surface area contributed by atoms with Crippen LogP contribution in [0.4, 0.5) is 4.79 Å². The normalized spacial score (nSPS) is 14.9. The Morgan fingerprint density at radius 1 is 1.11 bits per heavy atom. The van der Waals surface area contributed by atoms with Crippen molar-refractivity contribution in [2.24, 2.45) is 5.41 Å². The largest absolute Gasteiger partial charge is 0.480 e. The van der Waals surface area contributed by atoms with Crippen molar-refractivity contribution in [3.8, 4) is 5.75 Å². The van der Waals surface area contributed by atoms with E-state index in [9.17, 15) is 14.7 Å². The Morgan fingerprint density at radius 2 is 1.64 bits per heavy atom. The molecule has 7 heteroatoms. The molecule has 6 nitrogen and oxygen atoms in total. The summed E-state index contributed by atoms with van der Waals surface area (Å²) in [6.07, 6.45) is -0.434. The molecule has 0 radical (unpaired) electrons. The fraction of sp³-hybridized carbons (Fsp3) is 0.619. The van der Waals surface area contributed by atoms with Gasteiger partial charge in [-0.15, -0.1) is 0 Å². The second kappa shape index (κ2) is 9.09. The van der Waals surface area contributed by atoms with Crippen LogP contribution in [0.1, 0.15) is 48.0 Å². The average Bonchev–Trinajstić information content (AvgIpc) is 2.50. The third-order valence-electron chi connectivity index (χ3n) is 5.36. The standard InChI is InChI=1S/C21H35NO5Si/c1-15(27-28(7,8)20(2,3)4)14-21(5,6)17(18(23)24)22-19(25)26-16-12-10-9-11-13-16/h9-13,15,17H,14H2,1-8H3,(H,22,25)(H,23,24). The number of hydrogen-bond donors (Lipinski definition) is 2. The fourth-order valence-corrected chi connectivity index (χ4v) is 4.36. The molecule has 158 valence electrons. The van der Waals surface area contributed by atoms with Crippen LogP contribution in [0.2, 0.25) is 18.1 Å². The lowest BCUT2D eigenvalue weighted by molar-refractivity contribution is -0.142. The van der Waals surface area contributed by atoms with Gasteiger partial charge in [0.05, 0.1) is 0 Å². The van der Waals surface area contributed by atoms with Crippen LogP contribution in [0, 0.1) is 5.41 Å². The second-order valence-electron chi connectivity index (χ2n) is 9.50. The van der Waals surface area contributed by atoms with Gasteiger partial charge in [-0.05, 0) is 49.0 Å². The van der Waals surface area contributed by atoms with Crippen LogP contribution in [0.15, 0.2) is 30.3 Å². The molecule has 0 aromatic heterocycles. The summed E-state index contributed by atoms with van der Waals surface area (Å²) in [5.74, 6) is -0.744. The molecule has 28 heavy (non-hydrogen) atoms. The van der Waals surface area contributed by atoms with Gasteiger partial charge < -0.3 is 19.6 Å². The summed E-state index contributed by atoms with van der Waals surface area (Å²) in [5.41, 5.74) is -0.733. The number of ether oxygens (including phenoxy) is 1. The molecule has 2 N–H and O–H groups in total. The van der Waals surface area contributed by atoms with Crippen LogP contribution in [0.25, 0.3) is 0 Å². The number of aliphatic carboxylic acids is 1. The van der Waals surface area contributed by atoms with E-state index < -0.39 is 31.8 Å². The Morgan fingerprint density at radius 3 is 2.11 bits per heavy atom. The molecule has 1 aromatic carbocycles. The lowest BCUT2D eigenvalue weighted by Gasteiger charge is -2.41. The number of carboxylic acids is 1. The molecular weight excluding hydrogens is 374 g/mol. The minimum absolute atomic E-state index is 0.0648. The smallest absolute Gasteiger partial charge is 0.413 e. The van der Waals surface area contributed by atoms with Gasteiger partial charge in [-0.2, -0.15) is 0 Å². The van der Waals surface area contributed by atoms with Gasteiger partial charge in [0.25, 0.3) is 0 Å². The lowest BCUT2D eigenvalue weighted by Crippen LogP contribution is -2.53. The van der Waals surface area contributed by atoms with Crippen LogP contribution in [0.5, 0.6) is 5.75 Å². The molecule has 0 fully saturated rings. The van der Waals surface area contributed by atoms with Crippen LogP contribution in [0.3, 0.4) is 0 Å². The first-order chi connectivity index (χ1) is 12.7. The highest BCUT2D eigenvalue weighted by Crippen LogP contribution is 2.39. The SMILES string of the molecule is CC(CC(C)(C)C(NC(=O)Oc1ccccc1)C(=O)O)O[Si](C)(C)C(C)(C)C. The van der Waals surface area contributed by atoms with Crippen molar-refractivity contribution in [3.05, 3.63) is 30.3 Å². The third kappa shape index (κ3) is 6.94. The summed E-state index contributed by atoms with van der Waals surface area (Å²) in [7, 11) is -1.97. The minimum atomic E-state index is -1.97. The summed E-state index contributed by atoms with van der Waals surface area (Å²) in [6.45, 7) is 16.4. The maximum absolute atomic E-state index is 12.2. The number of rotatable bonds is 8. The first kappa shape index (κ1) is 24.2. The molecule has 0 aliphatic heterocycles. The minimum Gasteiger partial charge on any atom is -0.480 e. The van der Waals surface area contributed by atoms with Gasteiger partial charge in [0.1, 0.15) is 11.8 Å².